The average Bonchev–Trinajstić information content (AvgIpc) is 2.19. The summed E-state index contributed by atoms with van der Waals surface area (Å²) in [6.07, 6.45) is 6.99. The third-order valence-corrected chi connectivity index (χ3v) is 1.95. The summed E-state index contributed by atoms with van der Waals surface area (Å²) in [5, 5.41) is 0. The summed E-state index contributed by atoms with van der Waals surface area (Å²) in [7, 11) is 0. The first kappa shape index (κ1) is 9.72. The van der Waals surface area contributed by atoms with Crippen LogP contribution >= 0.6 is 0 Å². The summed E-state index contributed by atoms with van der Waals surface area (Å²) in [5.74, 6) is 0. The Morgan fingerprint density at radius 3 is 2.54 bits per heavy atom. The van der Waals surface area contributed by atoms with Crippen LogP contribution in [0.25, 0.3) is 0 Å². The lowest BCUT2D eigenvalue weighted by Crippen LogP contribution is -1.86. The summed E-state index contributed by atoms with van der Waals surface area (Å²) in [5.41, 5.74) is 1.88. The van der Waals surface area contributed by atoms with Gasteiger partial charge in [0.05, 0.1) is 0 Å². The van der Waals surface area contributed by atoms with Crippen molar-refractivity contribution >= 4 is 6.29 Å². The zero-order valence-electron chi connectivity index (χ0n) is 7.62. The molecule has 0 saturated carbocycles. The van der Waals surface area contributed by atoms with Gasteiger partial charge in [0.15, 0.2) is 0 Å². The molecular weight excluding hydrogens is 160 g/mol. The molecule has 0 heterocycles. The minimum absolute atomic E-state index is 0.618. The van der Waals surface area contributed by atoms with E-state index in [4.69, 9.17) is 0 Å². The highest BCUT2D eigenvalue weighted by molar-refractivity contribution is 5.75. The maximum Gasteiger partial charge on any atom is 0.233 e. The molecule has 0 aromatic heterocycles. The minimum Gasteiger partial charge on any atom is -0.285 e. The van der Waals surface area contributed by atoms with Gasteiger partial charge in [0.1, 0.15) is 0 Å². The van der Waals surface area contributed by atoms with E-state index in [0.717, 1.165) is 19.3 Å². The average molecular weight is 173 g/mol. The molecule has 1 aromatic carbocycles. The van der Waals surface area contributed by atoms with Gasteiger partial charge in [-0.3, -0.25) is 4.79 Å². The van der Waals surface area contributed by atoms with Gasteiger partial charge in [0, 0.05) is 5.56 Å². The fourth-order valence-electron chi connectivity index (χ4n) is 1.19. The molecule has 1 heteroatoms. The molecule has 1 nitrogen and oxygen atoms in total. The highest BCUT2D eigenvalue weighted by Crippen LogP contribution is 2.06. The molecule has 1 radical (unpaired) electrons. The molecule has 0 spiro atoms. The summed E-state index contributed by atoms with van der Waals surface area (Å²) >= 11 is 0. The second kappa shape index (κ2) is 5.31. The highest BCUT2D eigenvalue weighted by atomic mass is 16.1. The normalized spacial score (nSPS) is 9.54. The number of allylic oxidation sites excluding steroid dienone is 1. The summed E-state index contributed by atoms with van der Waals surface area (Å²) < 4.78 is 0. The quantitative estimate of drug-likeness (QED) is 0.494. The maximum atomic E-state index is 10.2. The summed E-state index contributed by atoms with van der Waals surface area (Å²) in [6, 6.07) is 7.55. The van der Waals surface area contributed by atoms with E-state index in [2.05, 4.69) is 6.58 Å². The maximum absolute atomic E-state index is 10.2. The monoisotopic (exact) mass is 173 g/mol. The van der Waals surface area contributed by atoms with Crippen LogP contribution in [-0.4, -0.2) is 6.29 Å². The van der Waals surface area contributed by atoms with Gasteiger partial charge in [-0.05, 0) is 24.8 Å². The molecule has 0 atom stereocenters. The molecule has 1 rings (SSSR count). The predicted octanol–water partition coefficient (Wildman–Crippen LogP) is 2.65. The van der Waals surface area contributed by atoms with E-state index in [1.165, 1.54) is 5.56 Å². The highest BCUT2D eigenvalue weighted by Gasteiger charge is 1.93. The van der Waals surface area contributed by atoms with E-state index >= 15 is 0 Å². The standard InChI is InChI=1S/C12H13O/c1-2-3-4-5-11-6-8-12(10-13)9-7-11/h2,6-9H,1,3-5H2. The molecule has 0 aliphatic carbocycles. The zero-order valence-corrected chi connectivity index (χ0v) is 7.62. The Bertz CT molecular complexity index is 272. The van der Waals surface area contributed by atoms with E-state index < -0.39 is 0 Å². The Balaban J connectivity index is 2.48. The van der Waals surface area contributed by atoms with Crippen LogP contribution in [0.3, 0.4) is 0 Å². The smallest absolute Gasteiger partial charge is 0.233 e. The molecular formula is C12H13O. The van der Waals surface area contributed by atoms with E-state index in [1.807, 2.05) is 24.5 Å². The van der Waals surface area contributed by atoms with Crippen molar-refractivity contribution in [3.63, 3.8) is 0 Å². The fourth-order valence-corrected chi connectivity index (χ4v) is 1.19. The van der Waals surface area contributed by atoms with Crippen LogP contribution in [0.1, 0.15) is 24.0 Å². The lowest BCUT2D eigenvalue weighted by molar-refractivity contribution is 0.562. The Morgan fingerprint density at radius 1 is 1.31 bits per heavy atom. The van der Waals surface area contributed by atoms with Crippen LogP contribution in [0.15, 0.2) is 36.9 Å². The number of aryl methyl sites for hydroxylation is 1. The number of rotatable bonds is 5. The minimum atomic E-state index is 0.618. The van der Waals surface area contributed by atoms with Gasteiger partial charge in [-0.2, -0.15) is 0 Å². The van der Waals surface area contributed by atoms with Crippen LogP contribution in [0.4, 0.5) is 0 Å². The van der Waals surface area contributed by atoms with Crippen molar-refractivity contribution in [2.45, 2.75) is 19.3 Å². The number of benzene rings is 1. The lowest BCUT2D eigenvalue weighted by Gasteiger charge is -1.98. The number of hydrogen-bond donors (Lipinski definition) is 0. The van der Waals surface area contributed by atoms with Gasteiger partial charge in [-0.15, -0.1) is 6.58 Å². The van der Waals surface area contributed by atoms with Crippen molar-refractivity contribution < 1.29 is 4.79 Å². The van der Waals surface area contributed by atoms with Crippen LogP contribution in [0, 0.1) is 0 Å². The Kier molecular flexibility index (Phi) is 3.97. The van der Waals surface area contributed by atoms with E-state index in [-0.39, 0.29) is 0 Å². The Hall–Kier alpha value is -1.37. The first-order valence-corrected chi connectivity index (χ1v) is 4.45. The van der Waals surface area contributed by atoms with Crippen LogP contribution < -0.4 is 0 Å². The second-order valence-electron chi connectivity index (χ2n) is 2.98. The third-order valence-electron chi connectivity index (χ3n) is 1.95. The molecule has 0 amide bonds. The summed E-state index contributed by atoms with van der Waals surface area (Å²) in [4.78, 5) is 10.2. The largest absolute Gasteiger partial charge is 0.285 e. The molecule has 1 aromatic rings. The number of hydrogen-bond acceptors (Lipinski definition) is 1. The van der Waals surface area contributed by atoms with Gasteiger partial charge in [-0.1, -0.05) is 30.3 Å². The van der Waals surface area contributed by atoms with E-state index in [0.29, 0.717) is 5.56 Å². The first-order chi connectivity index (χ1) is 6.36. The number of unbranched alkanes of at least 4 members (excludes halogenated alkanes) is 1. The molecule has 0 fully saturated rings. The fraction of sp³-hybridized carbons (Fsp3) is 0.250. The summed E-state index contributed by atoms with van der Waals surface area (Å²) in [6.45, 7) is 3.67. The van der Waals surface area contributed by atoms with Crippen molar-refractivity contribution in [3.05, 3.63) is 48.0 Å². The molecule has 0 aliphatic heterocycles. The van der Waals surface area contributed by atoms with E-state index in [9.17, 15) is 4.79 Å². The van der Waals surface area contributed by atoms with Gasteiger partial charge in [-0.25, -0.2) is 0 Å². The first-order valence-electron chi connectivity index (χ1n) is 4.45. The molecule has 0 saturated heterocycles. The molecule has 0 unspecified atom stereocenters. The predicted molar refractivity (Wildman–Crippen MR) is 54.4 cm³/mol. The second-order valence-corrected chi connectivity index (χ2v) is 2.98. The van der Waals surface area contributed by atoms with Gasteiger partial charge in [0.2, 0.25) is 6.29 Å². The zero-order chi connectivity index (χ0) is 9.52. The Labute approximate surface area is 79.1 Å². The van der Waals surface area contributed by atoms with Crippen molar-refractivity contribution in [1.29, 1.82) is 0 Å². The van der Waals surface area contributed by atoms with Crippen molar-refractivity contribution in [2.75, 3.05) is 0 Å². The molecule has 0 aliphatic rings. The van der Waals surface area contributed by atoms with Crippen LogP contribution in [-0.2, 0) is 11.2 Å². The molecule has 67 valence electrons. The van der Waals surface area contributed by atoms with Gasteiger partial charge in [0.25, 0.3) is 0 Å². The molecule has 0 bridgehead atoms. The van der Waals surface area contributed by atoms with Gasteiger partial charge < -0.3 is 0 Å². The SMILES string of the molecule is C=CCCCc1ccc([C]=O)cc1. The molecule has 13 heavy (non-hydrogen) atoms. The van der Waals surface area contributed by atoms with Crippen LogP contribution in [0.2, 0.25) is 0 Å². The number of carbonyl (C=O) groups excluding carboxylic acids is 1. The molecule has 0 N–H and O–H groups in total. The van der Waals surface area contributed by atoms with Gasteiger partial charge >= 0.3 is 0 Å². The third kappa shape index (κ3) is 3.24. The van der Waals surface area contributed by atoms with Crippen molar-refractivity contribution in [3.8, 4) is 0 Å². The lowest BCUT2D eigenvalue weighted by atomic mass is 10.1. The van der Waals surface area contributed by atoms with Crippen molar-refractivity contribution in [1.82, 2.24) is 0 Å². The van der Waals surface area contributed by atoms with Crippen LogP contribution in [0.5, 0.6) is 0 Å². The topological polar surface area (TPSA) is 17.1 Å². The van der Waals surface area contributed by atoms with E-state index in [1.54, 1.807) is 12.1 Å². The van der Waals surface area contributed by atoms with Crippen molar-refractivity contribution in [2.24, 2.45) is 0 Å². The Morgan fingerprint density at radius 2 is 2.00 bits per heavy atom.